The Morgan fingerprint density at radius 2 is 1.80 bits per heavy atom. The van der Waals surface area contributed by atoms with Gasteiger partial charge in [-0.05, 0) is 36.6 Å². The molecule has 0 aromatic heterocycles. The van der Waals surface area contributed by atoms with Gasteiger partial charge >= 0.3 is 0 Å². The lowest BCUT2D eigenvalue weighted by Crippen LogP contribution is -2.10. The number of hydrogen-bond acceptors (Lipinski definition) is 2. The van der Waals surface area contributed by atoms with Crippen molar-refractivity contribution < 1.29 is 9.84 Å². The van der Waals surface area contributed by atoms with Gasteiger partial charge in [0.25, 0.3) is 0 Å². The first-order valence-corrected chi connectivity index (χ1v) is 6.91. The molecule has 0 amide bonds. The van der Waals surface area contributed by atoms with Gasteiger partial charge in [-0.3, -0.25) is 0 Å². The van der Waals surface area contributed by atoms with Crippen LogP contribution in [0, 0.1) is 0 Å². The van der Waals surface area contributed by atoms with E-state index in [-0.39, 0.29) is 6.10 Å². The molecule has 2 aromatic rings. The summed E-state index contributed by atoms with van der Waals surface area (Å²) in [5.74, 6) is 0.860. The van der Waals surface area contributed by atoms with Crippen LogP contribution < -0.4 is 0 Å². The van der Waals surface area contributed by atoms with Gasteiger partial charge in [0.05, 0.1) is 6.10 Å². The van der Waals surface area contributed by atoms with Crippen molar-refractivity contribution in [3.05, 3.63) is 70.8 Å². The molecule has 1 aliphatic rings. The van der Waals surface area contributed by atoms with Crippen molar-refractivity contribution in [1.29, 1.82) is 0 Å². The van der Waals surface area contributed by atoms with E-state index >= 15 is 0 Å². The molecular formula is C18H18O2. The van der Waals surface area contributed by atoms with Gasteiger partial charge in [0, 0.05) is 5.56 Å². The second kappa shape index (κ2) is 5.14. The molecule has 2 heteroatoms. The minimum atomic E-state index is -0.483. The van der Waals surface area contributed by atoms with Crippen LogP contribution in [0.1, 0.15) is 48.3 Å². The summed E-state index contributed by atoms with van der Waals surface area (Å²) in [6, 6.07) is 16.1. The van der Waals surface area contributed by atoms with E-state index in [9.17, 15) is 5.11 Å². The number of fused-ring (bicyclic) bond motifs is 1. The van der Waals surface area contributed by atoms with Gasteiger partial charge in [-0.1, -0.05) is 48.5 Å². The predicted molar refractivity (Wildman–Crippen MR) is 80.9 cm³/mol. The lowest BCUT2D eigenvalue weighted by molar-refractivity contribution is 0.182. The van der Waals surface area contributed by atoms with Crippen LogP contribution in [0.25, 0.3) is 11.8 Å². The van der Waals surface area contributed by atoms with Crippen molar-refractivity contribution in [2.24, 2.45) is 0 Å². The van der Waals surface area contributed by atoms with Gasteiger partial charge < -0.3 is 9.84 Å². The van der Waals surface area contributed by atoms with Crippen LogP contribution in [0.4, 0.5) is 0 Å². The largest absolute Gasteiger partial charge is 0.485 e. The van der Waals surface area contributed by atoms with E-state index in [1.54, 1.807) is 6.92 Å². The molecule has 0 bridgehead atoms. The summed E-state index contributed by atoms with van der Waals surface area (Å²) in [5, 5.41) is 9.95. The summed E-state index contributed by atoms with van der Waals surface area (Å²) < 4.78 is 6.01. The molecule has 102 valence electrons. The summed E-state index contributed by atoms with van der Waals surface area (Å²) >= 11 is 0. The maximum absolute atomic E-state index is 9.95. The Kier molecular flexibility index (Phi) is 3.33. The van der Waals surface area contributed by atoms with E-state index in [1.165, 1.54) is 0 Å². The van der Waals surface area contributed by atoms with Crippen LogP contribution in [0.5, 0.6) is 0 Å². The van der Waals surface area contributed by atoms with Crippen molar-refractivity contribution in [2.45, 2.75) is 26.1 Å². The average molecular weight is 266 g/mol. The fraction of sp³-hybridized carbons (Fsp3) is 0.222. The molecule has 2 aromatic carbocycles. The zero-order valence-electron chi connectivity index (χ0n) is 11.7. The lowest BCUT2D eigenvalue weighted by atomic mass is 9.92. The monoisotopic (exact) mass is 266 g/mol. The molecule has 0 unspecified atom stereocenters. The van der Waals surface area contributed by atoms with Crippen LogP contribution in [0.15, 0.2) is 48.5 Å². The second-order valence-corrected chi connectivity index (χ2v) is 5.16. The second-order valence-electron chi connectivity index (χ2n) is 5.16. The molecule has 20 heavy (non-hydrogen) atoms. The Morgan fingerprint density at radius 1 is 1.05 bits per heavy atom. The molecule has 1 aliphatic heterocycles. The molecule has 0 saturated carbocycles. The number of rotatable bonds is 2. The van der Waals surface area contributed by atoms with Crippen LogP contribution in [-0.4, -0.2) is 5.11 Å². The highest BCUT2D eigenvalue weighted by Gasteiger charge is 2.22. The minimum Gasteiger partial charge on any atom is -0.485 e. The lowest BCUT2D eigenvalue weighted by Gasteiger charge is -2.27. The first-order chi connectivity index (χ1) is 9.66. The zero-order valence-corrected chi connectivity index (χ0v) is 11.7. The summed E-state index contributed by atoms with van der Waals surface area (Å²) in [6.45, 7) is 3.84. The number of benzene rings is 2. The molecule has 2 nitrogen and oxygen atoms in total. The van der Waals surface area contributed by atoms with Crippen molar-refractivity contribution in [3.63, 3.8) is 0 Å². The van der Waals surface area contributed by atoms with Crippen LogP contribution >= 0.6 is 0 Å². The van der Waals surface area contributed by atoms with Crippen molar-refractivity contribution in [3.8, 4) is 0 Å². The quantitative estimate of drug-likeness (QED) is 0.876. The maximum Gasteiger partial charge on any atom is 0.128 e. The fourth-order valence-electron chi connectivity index (χ4n) is 2.66. The summed E-state index contributed by atoms with van der Waals surface area (Å²) in [6.07, 6.45) is 1.54. The van der Waals surface area contributed by atoms with Gasteiger partial charge in [0.15, 0.2) is 0 Å². The molecule has 1 N–H and O–H groups in total. The maximum atomic E-state index is 9.95. The molecular weight excluding hydrogens is 248 g/mol. The van der Waals surface area contributed by atoms with Crippen molar-refractivity contribution in [1.82, 2.24) is 0 Å². The molecule has 0 radical (unpaired) electrons. The average Bonchev–Trinajstić information content (AvgIpc) is 2.47. The number of hydrogen-bond donors (Lipinski definition) is 1. The predicted octanol–water partition coefficient (Wildman–Crippen LogP) is 4.33. The number of aliphatic hydroxyl groups excluding tert-OH is 1. The summed E-state index contributed by atoms with van der Waals surface area (Å²) in [5.41, 5.74) is 4.22. The van der Waals surface area contributed by atoms with E-state index in [2.05, 4.69) is 6.07 Å². The van der Waals surface area contributed by atoms with Gasteiger partial charge in [-0.15, -0.1) is 0 Å². The third-order valence-electron chi connectivity index (χ3n) is 3.70. The van der Waals surface area contributed by atoms with E-state index in [4.69, 9.17) is 4.74 Å². The van der Waals surface area contributed by atoms with E-state index < -0.39 is 6.10 Å². The van der Waals surface area contributed by atoms with Crippen molar-refractivity contribution in [2.75, 3.05) is 0 Å². The SMILES string of the molecule is C[C@@H]1OC(c2ccccc2)=Cc2c1cccc2[C@@H](C)O. The smallest absolute Gasteiger partial charge is 0.128 e. The normalized spacial score (nSPS) is 18.8. The fourth-order valence-corrected chi connectivity index (χ4v) is 2.66. The van der Waals surface area contributed by atoms with Gasteiger partial charge in [0.1, 0.15) is 11.9 Å². The standard InChI is InChI=1S/C18H18O2/c1-12(19)15-9-6-10-16-13(2)20-18(11-17(15)16)14-7-4-3-5-8-14/h3-13,19H,1-2H3/t12-,13+/m1/s1. The molecule has 0 aliphatic carbocycles. The molecule has 3 rings (SSSR count). The van der Waals surface area contributed by atoms with E-state index in [0.29, 0.717) is 0 Å². The third-order valence-corrected chi connectivity index (χ3v) is 3.70. The van der Waals surface area contributed by atoms with Crippen LogP contribution in [0.2, 0.25) is 0 Å². The molecule has 1 heterocycles. The molecule has 2 atom stereocenters. The third kappa shape index (κ3) is 2.23. The highest BCUT2D eigenvalue weighted by atomic mass is 16.5. The first-order valence-electron chi connectivity index (χ1n) is 6.91. The Labute approximate surface area is 119 Å². The first kappa shape index (κ1) is 12.9. The van der Waals surface area contributed by atoms with Gasteiger partial charge in [0.2, 0.25) is 0 Å². The highest BCUT2D eigenvalue weighted by molar-refractivity contribution is 5.81. The highest BCUT2D eigenvalue weighted by Crippen LogP contribution is 2.38. The zero-order chi connectivity index (χ0) is 14.1. The number of ether oxygens (including phenoxy) is 1. The van der Waals surface area contributed by atoms with E-state index in [0.717, 1.165) is 28.0 Å². The van der Waals surface area contributed by atoms with Crippen molar-refractivity contribution >= 4 is 11.8 Å². The van der Waals surface area contributed by atoms with Crippen LogP contribution in [0.3, 0.4) is 0 Å². The summed E-state index contributed by atoms with van der Waals surface area (Å²) in [7, 11) is 0. The molecule has 0 saturated heterocycles. The molecule has 0 spiro atoms. The number of aliphatic hydroxyl groups is 1. The minimum absolute atomic E-state index is 0.0103. The van der Waals surface area contributed by atoms with E-state index in [1.807, 2.05) is 55.5 Å². The van der Waals surface area contributed by atoms with Crippen LogP contribution in [-0.2, 0) is 4.74 Å². The van der Waals surface area contributed by atoms with Gasteiger partial charge in [-0.2, -0.15) is 0 Å². The Balaban J connectivity index is 2.15. The Morgan fingerprint density at radius 3 is 2.50 bits per heavy atom. The summed E-state index contributed by atoms with van der Waals surface area (Å²) in [4.78, 5) is 0. The Bertz CT molecular complexity index is 642. The topological polar surface area (TPSA) is 29.5 Å². The Hall–Kier alpha value is -2.06. The van der Waals surface area contributed by atoms with Gasteiger partial charge in [-0.25, -0.2) is 0 Å². The molecule has 0 fully saturated rings.